The molecular weight excluding hydrogens is 276 g/mol. The van der Waals surface area contributed by atoms with E-state index >= 15 is 0 Å². The first kappa shape index (κ1) is 13.3. The highest BCUT2D eigenvalue weighted by atomic mass is 32.2. The molecule has 106 valence electrons. The Hall–Kier alpha value is -1.69. The van der Waals surface area contributed by atoms with Crippen LogP contribution in [0.4, 0.5) is 0 Å². The molecule has 2 N–H and O–H groups in total. The highest BCUT2D eigenvalue weighted by molar-refractivity contribution is 8.00. The van der Waals surface area contributed by atoms with Gasteiger partial charge < -0.3 is 10.1 Å². The number of hydrogen-bond donors (Lipinski definition) is 2. The van der Waals surface area contributed by atoms with Crippen LogP contribution in [0.25, 0.3) is 11.0 Å². The molecule has 1 aliphatic rings. The second-order valence-corrected chi connectivity index (χ2v) is 7.11. The molecule has 1 aliphatic heterocycles. The monoisotopic (exact) mass is 292 g/mol. The fourth-order valence-corrected chi connectivity index (χ4v) is 4.13. The second kappa shape index (κ2) is 4.70. The molecule has 0 aliphatic carbocycles. The quantitative estimate of drug-likeness (QED) is 0.910. The third-order valence-corrected chi connectivity index (χ3v) is 5.34. The minimum atomic E-state index is -1.01. The van der Waals surface area contributed by atoms with E-state index in [2.05, 4.69) is 11.9 Å². The van der Waals surface area contributed by atoms with Crippen LogP contribution in [-0.2, 0) is 6.54 Å². The number of aromatic nitrogens is 2. The molecule has 0 spiro atoms. The third-order valence-electron chi connectivity index (χ3n) is 3.82. The molecule has 2 heterocycles. The van der Waals surface area contributed by atoms with Crippen LogP contribution in [0.1, 0.15) is 30.1 Å². The number of aromatic amines is 1. The van der Waals surface area contributed by atoms with Gasteiger partial charge in [-0.05, 0) is 37.7 Å². The van der Waals surface area contributed by atoms with E-state index in [0.717, 1.165) is 18.6 Å². The van der Waals surface area contributed by atoms with Crippen molar-refractivity contribution < 1.29 is 9.90 Å². The van der Waals surface area contributed by atoms with Gasteiger partial charge in [0.1, 0.15) is 0 Å². The molecule has 2 aromatic rings. The predicted molar refractivity (Wildman–Crippen MR) is 79.6 cm³/mol. The predicted octanol–water partition coefficient (Wildman–Crippen LogP) is 2.31. The Morgan fingerprint density at radius 2 is 2.35 bits per heavy atom. The number of H-pyrrole nitrogens is 1. The highest BCUT2D eigenvalue weighted by Crippen LogP contribution is 2.39. The third kappa shape index (κ3) is 2.14. The van der Waals surface area contributed by atoms with E-state index in [1.807, 2.05) is 11.8 Å². The molecule has 1 unspecified atom stereocenters. The first-order valence-electron chi connectivity index (χ1n) is 6.59. The number of thioether (sulfide) groups is 1. The minimum Gasteiger partial charge on any atom is -0.478 e. The van der Waals surface area contributed by atoms with Crippen molar-refractivity contribution >= 4 is 28.8 Å². The van der Waals surface area contributed by atoms with Gasteiger partial charge in [-0.2, -0.15) is 11.8 Å². The fourth-order valence-electron chi connectivity index (χ4n) is 2.84. The summed E-state index contributed by atoms with van der Waals surface area (Å²) in [6.45, 7) is 2.68. The van der Waals surface area contributed by atoms with Crippen LogP contribution in [0, 0.1) is 0 Å². The van der Waals surface area contributed by atoms with Crippen molar-refractivity contribution in [3.63, 3.8) is 0 Å². The van der Waals surface area contributed by atoms with Crippen molar-refractivity contribution in [3.05, 3.63) is 34.2 Å². The van der Waals surface area contributed by atoms with E-state index in [4.69, 9.17) is 0 Å². The van der Waals surface area contributed by atoms with Crippen LogP contribution in [0.5, 0.6) is 0 Å². The van der Waals surface area contributed by atoms with E-state index < -0.39 is 5.97 Å². The van der Waals surface area contributed by atoms with Crippen LogP contribution >= 0.6 is 11.8 Å². The lowest BCUT2D eigenvalue weighted by molar-refractivity contribution is 0.0698. The number of hydrogen-bond acceptors (Lipinski definition) is 3. The number of carbonyl (C=O) groups is 1. The van der Waals surface area contributed by atoms with Crippen molar-refractivity contribution in [1.82, 2.24) is 9.55 Å². The van der Waals surface area contributed by atoms with Gasteiger partial charge in [-0.1, -0.05) is 6.07 Å². The zero-order valence-corrected chi connectivity index (χ0v) is 12.0. The molecule has 1 atom stereocenters. The lowest BCUT2D eigenvalue weighted by atomic mass is 10.1. The number of carboxylic acid groups (broad SMARTS) is 1. The molecule has 1 fully saturated rings. The molecule has 0 saturated carbocycles. The molecule has 3 rings (SSSR count). The Morgan fingerprint density at radius 3 is 3.00 bits per heavy atom. The molecule has 1 saturated heterocycles. The number of fused-ring (bicyclic) bond motifs is 1. The van der Waals surface area contributed by atoms with Gasteiger partial charge in [0.25, 0.3) is 0 Å². The van der Waals surface area contributed by atoms with E-state index in [1.54, 1.807) is 22.8 Å². The average Bonchev–Trinajstić information content (AvgIpc) is 2.95. The van der Waals surface area contributed by atoms with Crippen LogP contribution in [-0.4, -0.2) is 31.1 Å². The van der Waals surface area contributed by atoms with Crippen molar-refractivity contribution in [2.24, 2.45) is 0 Å². The first-order valence-corrected chi connectivity index (χ1v) is 7.57. The van der Waals surface area contributed by atoms with Crippen molar-refractivity contribution in [1.29, 1.82) is 0 Å². The molecule has 0 amide bonds. The molecular formula is C14H16N2O3S. The summed E-state index contributed by atoms with van der Waals surface area (Å²) in [5, 5.41) is 9.31. The van der Waals surface area contributed by atoms with Gasteiger partial charge in [-0.15, -0.1) is 0 Å². The number of imidazole rings is 1. The topological polar surface area (TPSA) is 75.1 Å². The zero-order chi connectivity index (χ0) is 14.3. The number of nitrogens with one attached hydrogen (secondary N) is 1. The Balaban J connectivity index is 2.17. The number of rotatable bonds is 3. The lowest BCUT2D eigenvalue weighted by Gasteiger charge is -2.23. The molecule has 6 heteroatoms. The molecule has 0 bridgehead atoms. The Bertz CT molecular complexity index is 726. The van der Waals surface area contributed by atoms with Gasteiger partial charge >= 0.3 is 11.7 Å². The van der Waals surface area contributed by atoms with Crippen LogP contribution in [0.2, 0.25) is 0 Å². The first-order chi connectivity index (χ1) is 9.50. The Kier molecular flexibility index (Phi) is 3.12. The number of carboxylic acids is 1. The van der Waals surface area contributed by atoms with Gasteiger partial charge in [0.15, 0.2) is 0 Å². The van der Waals surface area contributed by atoms with Crippen molar-refractivity contribution in [2.75, 3.05) is 5.75 Å². The zero-order valence-electron chi connectivity index (χ0n) is 11.2. The SMILES string of the molecule is CC1(Cn2c(=O)[nH]c3cccc(C(=O)O)c32)CCCS1. The number of benzene rings is 1. The second-order valence-electron chi connectivity index (χ2n) is 5.43. The Morgan fingerprint density at radius 1 is 1.55 bits per heavy atom. The fraction of sp³-hybridized carbons (Fsp3) is 0.429. The van der Waals surface area contributed by atoms with E-state index in [1.165, 1.54) is 0 Å². The molecule has 0 radical (unpaired) electrons. The summed E-state index contributed by atoms with van der Waals surface area (Å²) in [5.74, 6) is 0.0897. The maximum Gasteiger partial charge on any atom is 0.337 e. The molecule has 1 aromatic carbocycles. The molecule has 1 aromatic heterocycles. The maximum absolute atomic E-state index is 12.1. The standard InChI is InChI=1S/C14H16N2O3S/c1-14(6-3-7-20-14)8-16-11-9(12(17)18)4-2-5-10(11)15-13(16)19/h2,4-5H,3,6-8H2,1H3,(H,15,19)(H,17,18). The maximum atomic E-state index is 12.1. The highest BCUT2D eigenvalue weighted by Gasteiger charge is 2.31. The minimum absolute atomic E-state index is 0.00453. The smallest absolute Gasteiger partial charge is 0.337 e. The summed E-state index contributed by atoms with van der Waals surface area (Å²) < 4.78 is 1.58. The summed E-state index contributed by atoms with van der Waals surface area (Å²) >= 11 is 1.85. The van der Waals surface area contributed by atoms with E-state index in [-0.39, 0.29) is 16.0 Å². The average molecular weight is 292 g/mol. The van der Waals surface area contributed by atoms with E-state index in [0.29, 0.717) is 17.6 Å². The number of para-hydroxylation sites is 1. The van der Waals surface area contributed by atoms with Gasteiger partial charge in [-0.3, -0.25) is 4.57 Å². The molecule has 20 heavy (non-hydrogen) atoms. The largest absolute Gasteiger partial charge is 0.478 e. The molecule has 5 nitrogen and oxygen atoms in total. The lowest BCUT2D eigenvalue weighted by Crippen LogP contribution is -2.30. The van der Waals surface area contributed by atoms with E-state index in [9.17, 15) is 14.7 Å². The van der Waals surface area contributed by atoms with Crippen LogP contribution in [0.15, 0.2) is 23.0 Å². The Labute approximate surface area is 120 Å². The van der Waals surface area contributed by atoms with Crippen LogP contribution < -0.4 is 5.69 Å². The van der Waals surface area contributed by atoms with Crippen LogP contribution in [0.3, 0.4) is 0 Å². The van der Waals surface area contributed by atoms with Crippen molar-refractivity contribution in [2.45, 2.75) is 31.1 Å². The van der Waals surface area contributed by atoms with Gasteiger partial charge in [0.2, 0.25) is 0 Å². The summed E-state index contributed by atoms with van der Waals surface area (Å²) in [5.41, 5.74) is 1.02. The normalized spacial score (nSPS) is 22.4. The van der Waals surface area contributed by atoms with Gasteiger partial charge in [0.05, 0.1) is 16.6 Å². The van der Waals surface area contributed by atoms with Crippen molar-refractivity contribution in [3.8, 4) is 0 Å². The number of nitrogens with zero attached hydrogens (tertiary/aromatic N) is 1. The summed E-state index contributed by atoms with van der Waals surface area (Å²) in [6.07, 6.45) is 2.19. The number of aromatic carboxylic acids is 1. The summed E-state index contributed by atoms with van der Waals surface area (Å²) in [7, 11) is 0. The summed E-state index contributed by atoms with van der Waals surface area (Å²) in [6, 6.07) is 4.93. The van der Waals surface area contributed by atoms with Gasteiger partial charge in [-0.25, -0.2) is 9.59 Å². The van der Waals surface area contributed by atoms with Gasteiger partial charge in [0, 0.05) is 11.3 Å². The summed E-state index contributed by atoms with van der Waals surface area (Å²) in [4.78, 5) is 26.3.